The lowest BCUT2D eigenvalue weighted by atomic mass is 10.0. The largest absolute Gasteiger partial charge is 0.393 e. The second-order valence-electron chi connectivity index (χ2n) is 7.46. The van der Waals surface area contributed by atoms with Crippen molar-refractivity contribution in [2.24, 2.45) is 0 Å². The number of carbonyl (C=O) groups is 1. The molecule has 0 aliphatic heterocycles. The van der Waals surface area contributed by atoms with Gasteiger partial charge in [0, 0.05) is 44.2 Å². The van der Waals surface area contributed by atoms with Crippen molar-refractivity contribution in [1.82, 2.24) is 25.6 Å². The highest BCUT2D eigenvalue weighted by Crippen LogP contribution is 2.18. The summed E-state index contributed by atoms with van der Waals surface area (Å²) in [7, 11) is 1.71. The molecule has 0 atom stereocenters. The molecule has 2 aromatic carbocycles. The first-order valence-electron chi connectivity index (χ1n) is 10.4. The minimum atomic E-state index is -0.444. The number of hydrogen-bond donors (Lipinski definition) is 4. The summed E-state index contributed by atoms with van der Waals surface area (Å²) in [6, 6.07) is 16.1. The average molecular weight is 442 g/mol. The molecular weight excluding hydrogens is 419 g/mol. The smallest absolute Gasteiger partial charge is 0.272 e. The quantitative estimate of drug-likeness (QED) is 0.311. The van der Waals surface area contributed by atoms with Gasteiger partial charge in [-0.3, -0.25) is 4.79 Å². The van der Waals surface area contributed by atoms with Gasteiger partial charge in [-0.25, -0.2) is 14.4 Å². The molecule has 0 saturated carbocycles. The van der Waals surface area contributed by atoms with E-state index in [1.165, 1.54) is 12.1 Å². The topological polar surface area (TPSA) is 107 Å². The molecule has 0 bridgehead atoms. The van der Waals surface area contributed by atoms with Crippen molar-refractivity contribution >= 4 is 28.7 Å². The average Bonchev–Trinajstić information content (AvgIpc) is 3.23. The lowest BCUT2D eigenvalue weighted by molar-refractivity contribution is 0.0947. The van der Waals surface area contributed by atoms with Crippen LogP contribution in [0, 0.1) is 11.2 Å². The van der Waals surface area contributed by atoms with Gasteiger partial charge in [-0.15, -0.1) is 0 Å². The molecule has 33 heavy (non-hydrogen) atoms. The monoisotopic (exact) mass is 442 g/mol. The van der Waals surface area contributed by atoms with Crippen molar-refractivity contribution in [1.29, 1.82) is 5.41 Å². The number of allylic oxidation sites excluding steroid dienone is 1. The van der Waals surface area contributed by atoms with Crippen LogP contribution in [0.4, 0.5) is 4.39 Å². The van der Waals surface area contributed by atoms with Gasteiger partial charge in [-0.1, -0.05) is 30.3 Å². The number of fused-ring (bicyclic) bond motifs is 1. The number of H-pyrrole nitrogens is 1. The Hall–Kier alpha value is -4.33. The second-order valence-corrected chi connectivity index (χ2v) is 7.46. The number of aromatic amines is 1. The summed E-state index contributed by atoms with van der Waals surface area (Å²) in [5.74, 6) is -0.0946. The third-order valence-corrected chi connectivity index (χ3v) is 5.08. The van der Waals surface area contributed by atoms with Crippen molar-refractivity contribution in [3.8, 4) is 0 Å². The molecule has 8 heteroatoms. The number of pyridine rings is 1. The van der Waals surface area contributed by atoms with Gasteiger partial charge in [-0.05, 0) is 41.0 Å². The summed E-state index contributed by atoms with van der Waals surface area (Å²) < 4.78 is 14.1. The lowest BCUT2D eigenvalue weighted by Gasteiger charge is -2.09. The first-order valence-corrected chi connectivity index (χ1v) is 10.4. The number of aromatic nitrogens is 3. The summed E-state index contributed by atoms with van der Waals surface area (Å²) in [6.45, 7) is 0.109. The molecule has 0 aliphatic carbocycles. The Kier molecular flexibility index (Phi) is 6.54. The molecule has 2 aromatic heterocycles. The number of nitrogens with zero attached hydrogens (tertiary/aromatic N) is 2. The highest BCUT2D eigenvalue weighted by Gasteiger charge is 2.15. The Morgan fingerprint density at radius 2 is 1.97 bits per heavy atom. The molecule has 1 amide bonds. The maximum absolute atomic E-state index is 14.1. The van der Waals surface area contributed by atoms with E-state index in [4.69, 9.17) is 5.41 Å². The molecule has 0 fully saturated rings. The van der Waals surface area contributed by atoms with Gasteiger partial charge in [0.15, 0.2) is 5.69 Å². The van der Waals surface area contributed by atoms with Crippen LogP contribution < -0.4 is 10.6 Å². The van der Waals surface area contributed by atoms with E-state index in [0.29, 0.717) is 34.2 Å². The third kappa shape index (κ3) is 5.12. The standard InChI is InChI=1S/C25H23FN6O/c1-28-15-19(13-27)18-9-17(10-20(26)12-18)14-30-25(33)24-23-21(7-8-29-24)31-22(32-23)11-16-5-3-2-4-6-16/h2-10,12-13,15,27-28H,11,14H2,1H3,(H,30,33)(H,31,32)/b19-15+,27-13?. The minimum absolute atomic E-state index is 0.109. The first-order chi connectivity index (χ1) is 16.1. The summed E-state index contributed by atoms with van der Waals surface area (Å²) >= 11 is 0. The molecule has 0 radical (unpaired) electrons. The van der Waals surface area contributed by atoms with Crippen molar-refractivity contribution in [3.05, 3.63) is 101 Å². The van der Waals surface area contributed by atoms with Crippen molar-refractivity contribution < 1.29 is 9.18 Å². The molecule has 4 N–H and O–H groups in total. The van der Waals surface area contributed by atoms with Crippen LogP contribution in [0.5, 0.6) is 0 Å². The number of amides is 1. The Labute approximate surface area is 190 Å². The third-order valence-electron chi connectivity index (χ3n) is 5.08. The molecule has 7 nitrogen and oxygen atoms in total. The summed E-state index contributed by atoms with van der Waals surface area (Å²) in [5, 5.41) is 13.2. The summed E-state index contributed by atoms with van der Waals surface area (Å²) in [4.78, 5) is 24.9. The fourth-order valence-electron chi connectivity index (χ4n) is 3.58. The number of hydrogen-bond acceptors (Lipinski definition) is 5. The van der Waals surface area contributed by atoms with Crippen LogP contribution in [0.15, 0.2) is 67.0 Å². The van der Waals surface area contributed by atoms with Crippen LogP contribution in [-0.2, 0) is 13.0 Å². The van der Waals surface area contributed by atoms with Gasteiger partial charge in [0.2, 0.25) is 0 Å². The van der Waals surface area contributed by atoms with E-state index >= 15 is 0 Å². The Bertz CT molecular complexity index is 1330. The molecule has 166 valence electrons. The molecule has 0 aliphatic rings. The molecule has 4 rings (SSSR count). The van der Waals surface area contributed by atoms with E-state index < -0.39 is 5.82 Å². The lowest BCUT2D eigenvalue weighted by Crippen LogP contribution is -2.24. The summed E-state index contributed by atoms with van der Waals surface area (Å²) in [6.07, 6.45) is 4.91. The maximum atomic E-state index is 14.1. The van der Waals surface area contributed by atoms with Gasteiger partial charge in [-0.2, -0.15) is 0 Å². The minimum Gasteiger partial charge on any atom is -0.393 e. The highest BCUT2D eigenvalue weighted by atomic mass is 19.1. The van der Waals surface area contributed by atoms with E-state index in [1.54, 1.807) is 31.6 Å². The van der Waals surface area contributed by atoms with Crippen LogP contribution >= 0.6 is 0 Å². The van der Waals surface area contributed by atoms with Gasteiger partial charge in [0.05, 0.1) is 11.0 Å². The predicted octanol–water partition coefficient (Wildman–Crippen LogP) is 3.83. The molecule has 0 saturated heterocycles. The van der Waals surface area contributed by atoms with Crippen LogP contribution in [0.3, 0.4) is 0 Å². The summed E-state index contributed by atoms with van der Waals surface area (Å²) in [5.41, 5.74) is 4.19. The Morgan fingerprint density at radius 3 is 2.73 bits per heavy atom. The Balaban J connectivity index is 1.53. The molecule has 0 unspecified atom stereocenters. The number of rotatable bonds is 8. The van der Waals surface area contributed by atoms with E-state index in [2.05, 4.69) is 25.6 Å². The molecule has 4 aromatic rings. The van der Waals surface area contributed by atoms with Crippen molar-refractivity contribution in [2.45, 2.75) is 13.0 Å². The zero-order valence-corrected chi connectivity index (χ0v) is 18.0. The van der Waals surface area contributed by atoms with E-state index in [0.717, 1.165) is 17.6 Å². The zero-order valence-electron chi connectivity index (χ0n) is 18.0. The fraction of sp³-hybridized carbons (Fsp3) is 0.120. The van der Waals surface area contributed by atoms with Crippen LogP contribution in [0.1, 0.15) is 33.0 Å². The first kappa shape index (κ1) is 21.9. The molecule has 0 spiro atoms. The van der Waals surface area contributed by atoms with Gasteiger partial charge < -0.3 is 21.0 Å². The zero-order chi connectivity index (χ0) is 23.2. The maximum Gasteiger partial charge on any atom is 0.272 e. The van der Waals surface area contributed by atoms with Crippen LogP contribution in [0.25, 0.3) is 16.6 Å². The van der Waals surface area contributed by atoms with E-state index in [1.807, 2.05) is 30.3 Å². The molecular formula is C25H23FN6O. The number of nitrogens with one attached hydrogen (secondary N) is 4. The second kappa shape index (κ2) is 9.86. The number of carbonyl (C=O) groups excluding carboxylic acids is 1. The normalized spacial score (nSPS) is 11.4. The van der Waals surface area contributed by atoms with Gasteiger partial charge in [0.1, 0.15) is 11.6 Å². The SMILES string of the molecule is CN/C=C(\C=N)c1cc(F)cc(CNC(=O)c2nccc3nc(Cc4ccccc4)[nH]c23)c1. The predicted molar refractivity (Wildman–Crippen MR) is 127 cm³/mol. The van der Waals surface area contributed by atoms with Crippen LogP contribution in [0.2, 0.25) is 0 Å². The van der Waals surface area contributed by atoms with E-state index in [-0.39, 0.29) is 18.1 Å². The fourth-order valence-corrected chi connectivity index (χ4v) is 3.58. The molecule has 2 heterocycles. The van der Waals surface area contributed by atoms with Crippen LogP contribution in [-0.4, -0.2) is 34.1 Å². The number of halogens is 1. The van der Waals surface area contributed by atoms with Gasteiger partial charge >= 0.3 is 0 Å². The Morgan fingerprint density at radius 1 is 1.15 bits per heavy atom. The van der Waals surface area contributed by atoms with E-state index in [9.17, 15) is 9.18 Å². The van der Waals surface area contributed by atoms with Gasteiger partial charge in [0.25, 0.3) is 5.91 Å². The number of imidazole rings is 1. The van der Waals surface area contributed by atoms with Crippen molar-refractivity contribution in [2.75, 3.05) is 7.05 Å². The van der Waals surface area contributed by atoms with Crippen molar-refractivity contribution in [3.63, 3.8) is 0 Å². The number of benzene rings is 2. The highest BCUT2D eigenvalue weighted by molar-refractivity contribution is 6.08.